The van der Waals surface area contributed by atoms with Gasteiger partial charge in [-0.25, -0.2) is 9.18 Å². The third-order valence-corrected chi connectivity index (χ3v) is 6.71. The predicted molar refractivity (Wildman–Crippen MR) is 130 cm³/mol. The lowest BCUT2D eigenvalue weighted by Gasteiger charge is -2.23. The number of halogens is 2. The Bertz CT molecular complexity index is 1470. The monoisotopic (exact) mass is 498 g/mol. The number of aromatic nitrogens is 1. The summed E-state index contributed by atoms with van der Waals surface area (Å²) in [5.74, 6) is -2.07. The maximum Gasteiger partial charge on any atom is 0.341 e. The molecule has 0 radical (unpaired) electrons. The summed E-state index contributed by atoms with van der Waals surface area (Å²) in [6.07, 6.45) is 5.12. The summed E-state index contributed by atoms with van der Waals surface area (Å²) in [5, 5.41) is 20.4. The lowest BCUT2D eigenvalue weighted by atomic mass is 10.1. The number of non-ortho nitro benzene ring substituents is 1. The number of carboxylic acids is 1. The Hall–Kier alpha value is -3.79. The SMILES string of the molecule is O=C(O)c1cn(C2CC2)c2c(Cl)c(N3CCC(/N=C/c4cccc([N+](=O)[O-])c4)C3)c(F)cc2c1=O. The number of hydrogen-bond acceptors (Lipinski definition) is 6. The Labute approximate surface area is 203 Å². The van der Waals surface area contributed by atoms with Crippen molar-refractivity contribution in [3.63, 3.8) is 0 Å². The molecular weight excluding hydrogens is 479 g/mol. The molecule has 1 saturated heterocycles. The number of pyridine rings is 1. The average molecular weight is 499 g/mol. The van der Waals surface area contributed by atoms with Crippen LogP contribution in [0, 0.1) is 15.9 Å². The van der Waals surface area contributed by atoms with Crippen LogP contribution in [0.25, 0.3) is 10.9 Å². The minimum atomic E-state index is -1.36. The van der Waals surface area contributed by atoms with Gasteiger partial charge in [0.1, 0.15) is 11.4 Å². The summed E-state index contributed by atoms with van der Waals surface area (Å²) >= 11 is 6.68. The maximum atomic E-state index is 15.3. The molecule has 2 heterocycles. The fourth-order valence-electron chi connectivity index (χ4n) is 4.49. The van der Waals surface area contributed by atoms with E-state index in [4.69, 9.17) is 11.6 Å². The van der Waals surface area contributed by atoms with Crippen LogP contribution in [0.4, 0.5) is 15.8 Å². The second-order valence-corrected chi connectivity index (χ2v) is 9.13. The van der Waals surface area contributed by atoms with Crippen LogP contribution in [0.1, 0.15) is 41.2 Å². The summed E-state index contributed by atoms with van der Waals surface area (Å²) in [6.45, 7) is 0.842. The molecule has 0 spiro atoms. The predicted octanol–water partition coefficient (Wildman–Crippen LogP) is 4.43. The molecular formula is C24H20ClFN4O5. The van der Waals surface area contributed by atoms with Crippen molar-refractivity contribution in [1.82, 2.24) is 4.57 Å². The van der Waals surface area contributed by atoms with Gasteiger partial charge >= 0.3 is 5.97 Å². The van der Waals surface area contributed by atoms with Crippen molar-refractivity contribution < 1.29 is 19.2 Å². The molecule has 1 N–H and O–H groups in total. The number of nitro groups is 1. The molecule has 11 heteroatoms. The van der Waals surface area contributed by atoms with Gasteiger partial charge in [0.25, 0.3) is 5.69 Å². The molecule has 180 valence electrons. The molecule has 2 fully saturated rings. The standard InChI is InChI=1S/C24H20ClFN4O5/c25-20-21-17(23(31)18(24(32)33)12-29(21)15-4-5-15)9-19(26)22(20)28-7-6-14(11-28)27-10-13-2-1-3-16(8-13)30(34)35/h1-3,8-10,12,14-15H,4-7,11H2,(H,32,33)/b27-10+. The Kier molecular flexibility index (Phi) is 5.76. The number of nitro benzene ring substituents is 1. The van der Waals surface area contributed by atoms with Crippen LogP contribution in [0.5, 0.6) is 0 Å². The smallest absolute Gasteiger partial charge is 0.341 e. The number of rotatable bonds is 6. The zero-order valence-electron chi connectivity index (χ0n) is 18.4. The molecule has 0 amide bonds. The zero-order chi connectivity index (χ0) is 24.9. The molecule has 1 atom stereocenters. The van der Waals surface area contributed by atoms with Crippen LogP contribution in [-0.4, -0.2) is 45.9 Å². The lowest BCUT2D eigenvalue weighted by molar-refractivity contribution is -0.384. The number of carboxylic acid groups (broad SMARTS) is 1. The number of aromatic carboxylic acids is 1. The first-order valence-corrected chi connectivity index (χ1v) is 11.4. The number of nitrogens with zero attached hydrogens (tertiary/aromatic N) is 4. The van der Waals surface area contributed by atoms with E-state index in [-0.39, 0.29) is 33.9 Å². The highest BCUT2D eigenvalue weighted by Gasteiger charge is 2.32. The van der Waals surface area contributed by atoms with E-state index in [9.17, 15) is 24.8 Å². The summed E-state index contributed by atoms with van der Waals surface area (Å²) in [4.78, 5) is 41.1. The van der Waals surface area contributed by atoms with E-state index in [2.05, 4.69) is 4.99 Å². The van der Waals surface area contributed by atoms with E-state index in [1.54, 1.807) is 27.8 Å². The van der Waals surface area contributed by atoms with E-state index >= 15 is 4.39 Å². The molecule has 5 rings (SSSR count). The number of carbonyl (C=O) groups is 1. The van der Waals surface area contributed by atoms with Crippen molar-refractivity contribution in [1.29, 1.82) is 0 Å². The highest BCUT2D eigenvalue weighted by atomic mass is 35.5. The first-order chi connectivity index (χ1) is 16.7. The van der Waals surface area contributed by atoms with Crippen molar-refractivity contribution in [2.45, 2.75) is 31.3 Å². The minimum absolute atomic E-state index is 0.0119. The molecule has 35 heavy (non-hydrogen) atoms. The fourth-order valence-corrected chi connectivity index (χ4v) is 4.90. The summed E-state index contributed by atoms with van der Waals surface area (Å²) in [6, 6.07) is 7.03. The zero-order valence-corrected chi connectivity index (χ0v) is 19.1. The molecule has 1 aromatic heterocycles. The third-order valence-electron chi connectivity index (χ3n) is 6.35. The van der Waals surface area contributed by atoms with Gasteiger partial charge in [0.2, 0.25) is 5.43 Å². The Morgan fingerprint density at radius 1 is 1.29 bits per heavy atom. The van der Waals surface area contributed by atoms with Crippen LogP contribution < -0.4 is 10.3 Å². The second-order valence-electron chi connectivity index (χ2n) is 8.75. The minimum Gasteiger partial charge on any atom is -0.477 e. The van der Waals surface area contributed by atoms with Gasteiger partial charge in [0.05, 0.1) is 32.6 Å². The van der Waals surface area contributed by atoms with Crippen molar-refractivity contribution in [2.24, 2.45) is 4.99 Å². The number of anilines is 1. The van der Waals surface area contributed by atoms with Crippen molar-refractivity contribution in [2.75, 3.05) is 18.0 Å². The Morgan fingerprint density at radius 2 is 2.06 bits per heavy atom. The molecule has 1 aliphatic carbocycles. The number of aliphatic imine (C=N–C) groups is 1. The summed E-state index contributed by atoms with van der Waals surface area (Å²) in [7, 11) is 0. The molecule has 2 aromatic carbocycles. The Morgan fingerprint density at radius 3 is 2.74 bits per heavy atom. The number of fused-ring (bicyclic) bond motifs is 1. The van der Waals surface area contributed by atoms with Crippen LogP contribution in [0.3, 0.4) is 0 Å². The molecule has 3 aromatic rings. The number of hydrogen-bond donors (Lipinski definition) is 1. The van der Waals surface area contributed by atoms with Gasteiger partial charge in [-0.05, 0) is 30.9 Å². The quantitative estimate of drug-likeness (QED) is 0.305. The van der Waals surface area contributed by atoms with Gasteiger partial charge in [-0.2, -0.15) is 0 Å². The topological polar surface area (TPSA) is 118 Å². The molecule has 1 aliphatic heterocycles. The van der Waals surface area contributed by atoms with Gasteiger partial charge in [-0.1, -0.05) is 23.7 Å². The van der Waals surface area contributed by atoms with E-state index in [0.29, 0.717) is 30.6 Å². The van der Waals surface area contributed by atoms with Crippen LogP contribution >= 0.6 is 11.6 Å². The summed E-state index contributed by atoms with van der Waals surface area (Å²) < 4.78 is 16.9. The molecule has 1 saturated carbocycles. The van der Waals surface area contributed by atoms with Gasteiger partial charge in [0, 0.05) is 43.7 Å². The largest absolute Gasteiger partial charge is 0.477 e. The lowest BCUT2D eigenvalue weighted by Crippen LogP contribution is -2.24. The first-order valence-electron chi connectivity index (χ1n) is 11.1. The van der Waals surface area contributed by atoms with Crippen molar-refractivity contribution in [3.05, 3.63) is 78.8 Å². The Balaban J connectivity index is 1.48. The van der Waals surface area contributed by atoms with Crippen molar-refractivity contribution in [3.8, 4) is 0 Å². The summed E-state index contributed by atoms with van der Waals surface area (Å²) in [5.41, 5.74) is -0.120. The van der Waals surface area contributed by atoms with Crippen LogP contribution in [0.15, 0.2) is 46.3 Å². The van der Waals surface area contributed by atoms with E-state index < -0.39 is 27.7 Å². The molecule has 1 unspecified atom stereocenters. The van der Waals surface area contributed by atoms with Crippen LogP contribution in [0.2, 0.25) is 5.02 Å². The molecule has 0 bridgehead atoms. The van der Waals surface area contributed by atoms with Crippen LogP contribution in [-0.2, 0) is 0 Å². The molecule has 9 nitrogen and oxygen atoms in total. The van der Waals surface area contributed by atoms with E-state index in [1.165, 1.54) is 18.3 Å². The average Bonchev–Trinajstić information content (AvgIpc) is 3.56. The van der Waals surface area contributed by atoms with E-state index in [0.717, 1.165) is 18.9 Å². The maximum absolute atomic E-state index is 15.3. The highest BCUT2D eigenvalue weighted by molar-refractivity contribution is 6.38. The number of benzene rings is 2. The van der Waals surface area contributed by atoms with Gasteiger partial charge < -0.3 is 14.6 Å². The van der Waals surface area contributed by atoms with Gasteiger partial charge in [0.15, 0.2) is 0 Å². The normalized spacial score (nSPS) is 18.0. The third kappa shape index (κ3) is 4.25. The van der Waals surface area contributed by atoms with Gasteiger partial charge in [-0.15, -0.1) is 0 Å². The van der Waals surface area contributed by atoms with E-state index in [1.807, 2.05) is 0 Å². The van der Waals surface area contributed by atoms with Gasteiger partial charge in [-0.3, -0.25) is 19.9 Å². The van der Waals surface area contributed by atoms with Crippen molar-refractivity contribution >= 4 is 46.1 Å². The molecule has 2 aliphatic rings. The highest BCUT2D eigenvalue weighted by Crippen LogP contribution is 2.42. The second kappa shape index (κ2) is 8.77. The fraction of sp³-hybridized carbons (Fsp3) is 0.292. The first kappa shape index (κ1) is 23.0.